The zero-order valence-corrected chi connectivity index (χ0v) is 19.2. The molecular formula is C24H30N4O2S. The molecule has 3 aromatic rings. The number of methoxy groups -OCH3 is 1. The van der Waals surface area contributed by atoms with Gasteiger partial charge < -0.3 is 24.8 Å². The number of fused-ring (bicyclic) bond motifs is 1. The summed E-state index contributed by atoms with van der Waals surface area (Å²) in [5, 5.41) is 4.98. The van der Waals surface area contributed by atoms with Crippen LogP contribution in [0.1, 0.15) is 11.1 Å². The molecule has 0 atom stereocenters. The molecule has 6 nitrogen and oxygen atoms in total. The van der Waals surface area contributed by atoms with Gasteiger partial charge in [-0.05, 0) is 61.9 Å². The van der Waals surface area contributed by atoms with Gasteiger partial charge in [-0.1, -0.05) is 30.3 Å². The molecule has 7 heteroatoms. The number of likely N-dealkylation sites (N-methyl/N-ethyl adjacent to an activating group) is 1. The van der Waals surface area contributed by atoms with Crippen LogP contribution in [0.25, 0.3) is 10.9 Å². The van der Waals surface area contributed by atoms with Crippen LogP contribution in [-0.2, 0) is 13.0 Å². The third kappa shape index (κ3) is 6.54. The highest BCUT2D eigenvalue weighted by Gasteiger charge is 2.14. The molecule has 0 radical (unpaired) electrons. The molecule has 0 amide bonds. The molecule has 0 spiro atoms. The number of hydrogen-bond acceptors (Lipinski definition) is 4. The molecule has 2 aromatic carbocycles. The lowest BCUT2D eigenvalue weighted by Gasteiger charge is -2.27. The molecule has 0 saturated heterocycles. The number of aromatic amines is 1. The summed E-state index contributed by atoms with van der Waals surface area (Å²) >= 11 is 5.68. The summed E-state index contributed by atoms with van der Waals surface area (Å²) in [7, 11) is 5.67. The van der Waals surface area contributed by atoms with Crippen molar-refractivity contribution in [1.29, 1.82) is 0 Å². The second-order valence-corrected chi connectivity index (χ2v) is 8.16. The molecule has 0 fully saturated rings. The summed E-state index contributed by atoms with van der Waals surface area (Å²) < 4.78 is 5.25. The summed E-state index contributed by atoms with van der Waals surface area (Å²) in [6.45, 7) is 2.75. The van der Waals surface area contributed by atoms with Gasteiger partial charge in [0.1, 0.15) is 5.75 Å². The molecule has 0 aliphatic carbocycles. The van der Waals surface area contributed by atoms with Crippen molar-refractivity contribution in [3.63, 3.8) is 0 Å². The second kappa shape index (κ2) is 10.9. The number of hydrogen-bond donors (Lipinski definition) is 2. The van der Waals surface area contributed by atoms with Gasteiger partial charge in [0.25, 0.3) is 5.56 Å². The van der Waals surface area contributed by atoms with Crippen molar-refractivity contribution in [2.75, 3.05) is 40.8 Å². The van der Waals surface area contributed by atoms with Crippen molar-refractivity contribution >= 4 is 28.2 Å². The molecule has 164 valence electrons. The van der Waals surface area contributed by atoms with Crippen molar-refractivity contribution in [3.8, 4) is 5.75 Å². The van der Waals surface area contributed by atoms with Crippen LogP contribution in [0.4, 0.5) is 0 Å². The van der Waals surface area contributed by atoms with Gasteiger partial charge in [0.05, 0.1) is 19.2 Å². The molecular weight excluding hydrogens is 408 g/mol. The number of nitrogens with one attached hydrogen (secondary N) is 2. The topological polar surface area (TPSA) is 60.6 Å². The summed E-state index contributed by atoms with van der Waals surface area (Å²) in [6.07, 6.45) is 0.890. The van der Waals surface area contributed by atoms with Gasteiger partial charge in [-0.2, -0.15) is 0 Å². The Balaban J connectivity index is 1.72. The number of thiocarbonyl (C=S) groups is 1. The predicted octanol–water partition coefficient (Wildman–Crippen LogP) is 3.02. The average molecular weight is 439 g/mol. The second-order valence-electron chi connectivity index (χ2n) is 7.77. The SMILES string of the molecule is COc1ccc2cc(CN(CCN(C)C)C(=S)NCCc3ccccc3)c(=O)[nH]c2c1. The first kappa shape index (κ1) is 22.8. The number of ether oxygens (including phenoxy) is 1. The molecule has 2 N–H and O–H groups in total. The molecule has 0 aliphatic heterocycles. The summed E-state index contributed by atoms with van der Waals surface area (Å²) in [5.74, 6) is 0.715. The van der Waals surface area contributed by atoms with E-state index in [9.17, 15) is 4.79 Å². The summed E-state index contributed by atoms with van der Waals surface area (Å²) in [6, 6.07) is 17.9. The van der Waals surface area contributed by atoms with Gasteiger partial charge >= 0.3 is 0 Å². The van der Waals surface area contributed by atoms with E-state index in [2.05, 4.69) is 32.2 Å². The maximum atomic E-state index is 12.7. The van der Waals surface area contributed by atoms with Gasteiger partial charge in [0, 0.05) is 31.3 Å². The van der Waals surface area contributed by atoms with Crippen LogP contribution < -0.4 is 15.6 Å². The van der Waals surface area contributed by atoms with Crippen LogP contribution in [0.15, 0.2) is 59.4 Å². The van der Waals surface area contributed by atoms with Crippen LogP contribution in [0.5, 0.6) is 5.75 Å². The smallest absolute Gasteiger partial charge is 0.253 e. The van der Waals surface area contributed by atoms with Gasteiger partial charge in [-0.15, -0.1) is 0 Å². The number of rotatable bonds is 9. The number of aromatic nitrogens is 1. The number of nitrogens with zero attached hydrogens (tertiary/aromatic N) is 2. The van der Waals surface area contributed by atoms with E-state index in [-0.39, 0.29) is 5.56 Å². The van der Waals surface area contributed by atoms with Crippen molar-refractivity contribution < 1.29 is 4.74 Å². The number of benzene rings is 2. The van der Waals surface area contributed by atoms with Crippen molar-refractivity contribution in [2.45, 2.75) is 13.0 Å². The molecule has 1 aromatic heterocycles. The Kier molecular flexibility index (Phi) is 8.03. The average Bonchev–Trinajstić information content (AvgIpc) is 2.77. The highest BCUT2D eigenvalue weighted by Crippen LogP contribution is 2.19. The summed E-state index contributed by atoms with van der Waals surface area (Å²) in [4.78, 5) is 19.9. The third-order valence-electron chi connectivity index (χ3n) is 5.13. The normalized spacial score (nSPS) is 11.0. The van der Waals surface area contributed by atoms with Crippen LogP contribution in [0, 0.1) is 0 Å². The third-order valence-corrected chi connectivity index (χ3v) is 5.53. The van der Waals surface area contributed by atoms with Crippen molar-refractivity contribution in [3.05, 3.63) is 76.1 Å². The molecule has 0 aliphatic rings. The lowest BCUT2D eigenvalue weighted by atomic mass is 10.1. The van der Waals surface area contributed by atoms with Crippen LogP contribution >= 0.6 is 12.2 Å². The molecule has 0 bridgehead atoms. The lowest BCUT2D eigenvalue weighted by molar-refractivity contribution is 0.322. The van der Waals surface area contributed by atoms with E-state index in [0.717, 1.165) is 37.0 Å². The van der Waals surface area contributed by atoms with Gasteiger partial charge in [0.2, 0.25) is 0 Å². The Morgan fingerprint density at radius 2 is 1.87 bits per heavy atom. The molecule has 31 heavy (non-hydrogen) atoms. The standard InChI is InChI=1S/C24H30N4O2S/c1-27(2)13-14-28(24(31)25-12-11-18-7-5-4-6-8-18)17-20-15-19-9-10-21(30-3)16-22(19)26-23(20)29/h4-10,15-16H,11-14,17H2,1-3H3,(H,25,31)(H,26,29). The maximum Gasteiger partial charge on any atom is 0.253 e. The highest BCUT2D eigenvalue weighted by atomic mass is 32.1. The minimum atomic E-state index is -0.109. The molecule has 0 saturated carbocycles. The van der Waals surface area contributed by atoms with Crippen LogP contribution in [0.3, 0.4) is 0 Å². The van der Waals surface area contributed by atoms with Crippen LogP contribution in [0.2, 0.25) is 0 Å². The molecule has 0 unspecified atom stereocenters. The lowest BCUT2D eigenvalue weighted by Crippen LogP contribution is -2.43. The van der Waals surface area contributed by atoms with E-state index in [4.69, 9.17) is 17.0 Å². The van der Waals surface area contributed by atoms with Gasteiger partial charge in [-0.3, -0.25) is 4.79 Å². The van der Waals surface area contributed by atoms with Gasteiger partial charge in [-0.25, -0.2) is 0 Å². The summed E-state index contributed by atoms with van der Waals surface area (Å²) in [5.41, 5.74) is 2.60. The Morgan fingerprint density at radius 1 is 1.10 bits per heavy atom. The molecule has 1 heterocycles. The zero-order chi connectivity index (χ0) is 22.2. The maximum absolute atomic E-state index is 12.7. The monoisotopic (exact) mass is 438 g/mol. The minimum absolute atomic E-state index is 0.109. The van der Waals surface area contributed by atoms with E-state index in [0.29, 0.717) is 23.0 Å². The fourth-order valence-electron chi connectivity index (χ4n) is 3.32. The fraction of sp³-hybridized carbons (Fsp3) is 0.333. The Bertz CT molecular complexity index is 1070. The Morgan fingerprint density at radius 3 is 2.58 bits per heavy atom. The van der Waals surface area contributed by atoms with Crippen LogP contribution in [-0.4, -0.2) is 60.7 Å². The van der Waals surface area contributed by atoms with E-state index in [1.807, 2.05) is 56.6 Å². The first-order valence-corrected chi connectivity index (χ1v) is 10.8. The quantitative estimate of drug-likeness (QED) is 0.501. The van der Waals surface area contributed by atoms with Crippen molar-refractivity contribution in [1.82, 2.24) is 20.1 Å². The van der Waals surface area contributed by atoms with Gasteiger partial charge in [0.15, 0.2) is 5.11 Å². The van der Waals surface area contributed by atoms with E-state index >= 15 is 0 Å². The first-order chi connectivity index (χ1) is 15.0. The molecule has 3 rings (SSSR count). The number of pyridine rings is 1. The highest BCUT2D eigenvalue weighted by molar-refractivity contribution is 7.80. The minimum Gasteiger partial charge on any atom is -0.497 e. The zero-order valence-electron chi connectivity index (χ0n) is 18.4. The number of H-pyrrole nitrogens is 1. The van der Waals surface area contributed by atoms with E-state index in [1.165, 1.54) is 5.56 Å². The van der Waals surface area contributed by atoms with Crippen molar-refractivity contribution in [2.24, 2.45) is 0 Å². The Hall–Kier alpha value is -2.90. The first-order valence-electron chi connectivity index (χ1n) is 10.4. The predicted molar refractivity (Wildman–Crippen MR) is 131 cm³/mol. The largest absolute Gasteiger partial charge is 0.497 e. The van der Waals surface area contributed by atoms with E-state index < -0.39 is 0 Å². The van der Waals surface area contributed by atoms with E-state index in [1.54, 1.807) is 7.11 Å². The Labute approximate surface area is 188 Å². The fourth-order valence-corrected chi connectivity index (χ4v) is 3.58.